The summed E-state index contributed by atoms with van der Waals surface area (Å²) in [5, 5.41) is 29.5. The van der Waals surface area contributed by atoms with Gasteiger partial charge in [0.15, 0.2) is 6.40 Å². The molecule has 39 heavy (non-hydrogen) atoms. The maximum Gasteiger partial charge on any atom is 0.253 e. The van der Waals surface area contributed by atoms with Gasteiger partial charge in [-0.2, -0.15) is 5.26 Å². The molecule has 3 N–H and O–H groups in total. The van der Waals surface area contributed by atoms with E-state index in [4.69, 9.17) is 15.6 Å². The Bertz CT molecular complexity index is 1210. The third-order valence-electron chi connectivity index (χ3n) is 8.12. The van der Waals surface area contributed by atoms with Crippen molar-refractivity contribution >= 4 is 24.1 Å². The van der Waals surface area contributed by atoms with Gasteiger partial charge in [-0.15, -0.1) is 0 Å². The van der Waals surface area contributed by atoms with Crippen LogP contribution in [0.25, 0.3) is 0 Å². The minimum atomic E-state index is -1.04. The number of nitrogens with one attached hydrogen (secondary N) is 3. The number of benzene rings is 1. The van der Waals surface area contributed by atoms with Crippen LogP contribution in [0.15, 0.2) is 42.0 Å². The first kappa shape index (κ1) is 29.8. The van der Waals surface area contributed by atoms with Crippen LogP contribution < -0.4 is 5.32 Å². The van der Waals surface area contributed by atoms with E-state index in [1.165, 1.54) is 4.90 Å². The Hall–Kier alpha value is -3.77. The highest BCUT2D eigenvalue weighted by Gasteiger charge is 2.46. The molecule has 1 aliphatic heterocycles. The molecule has 1 aromatic rings. The van der Waals surface area contributed by atoms with E-state index in [2.05, 4.69) is 18.0 Å². The van der Waals surface area contributed by atoms with Crippen molar-refractivity contribution in [2.75, 3.05) is 27.2 Å². The number of hydrogen-bond acceptors (Lipinski definition) is 7. The zero-order valence-corrected chi connectivity index (χ0v) is 23.5. The quantitative estimate of drug-likeness (QED) is 0.310. The first-order valence-electron chi connectivity index (χ1n) is 13.5. The van der Waals surface area contributed by atoms with Crippen molar-refractivity contribution in [1.82, 2.24) is 15.1 Å². The second-order valence-electron chi connectivity index (χ2n) is 10.5. The number of nitrogens with zero attached hydrogens (tertiary/aromatic N) is 3. The van der Waals surface area contributed by atoms with Gasteiger partial charge in [-0.25, -0.2) is 0 Å². The van der Waals surface area contributed by atoms with E-state index in [9.17, 15) is 14.9 Å². The summed E-state index contributed by atoms with van der Waals surface area (Å²) in [6.45, 7) is 8.71. The fourth-order valence-corrected chi connectivity index (χ4v) is 5.87. The fraction of sp³-hybridized carbons (Fsp3) is 0.500. The second-order valence-corrected chi connectivity index (χ2v) is 10.5. The minimum Gasteiger partial charge on any atom is -0.431 e. The number of fused-ring (bicyclic) bond motifs is 1. The van der Waals surface area contributed by atoms with Gasteiger partial charge in [0, 0.05) is 32.2 Å². The van der Waals surface area contributed by atoms with Crippen molar-refractivity contribution < 1.29 is 14.3 Å². The van der Waals surface area contributed by atoms with Crippen LogP contribution in [0, 0.1) is 22.1 Å². The van der Waals surface area contributed by atoms with E-state index in [1.807, 2.05) is 32.1 Å². The molecule has 1 heterocycles. The van der Waals surface area contributed by atoms with Crippen LogP contribution in [-0.4, -0.2) is 73.2 Å². The predicted octanol–water partition coefficient (Wildman–Crippen LogP) is 3.95. The molecule has 1 fully saturated rings. The summed E-state index contributed by atoms with van der Waals surface area (Å²) in [6, 6.07) is 7.25. The molecular weight excluding hydrogens is 492 g/mol. The Labute approximate surface area is 231 Å². The van der Waals surface area contributed by atoms with Gasteiger partial charge < -0.3 is 19.9 Å². The lowest BCUT2D eigenvalue weighted by Gasteiger charge is -2.39. The molecule has 0 bridgehead atoms. The second kappa shape index (κ2) is 12.9. The van der Waals surface area contributed by atoms with Gasteiger partial charge in [-0.3, -0.25) is 20.4 Å². The molecule has 9 nitrogen and oxygen atoms in total. The number of likely N-dealkylation sites (tertiary alicyclic amines) is 1. The molecule has 208 valence electrons. The van der Waals surface area contributed by atoms with Crippen molar-refractivity contribution in [3.05, 3.63) is 58.7 Å². The van der Waals surface area contributed by atoms with Crippen LogP contribution in [-0.2, 0) is 21.4 Å². The Balaban J connectivity index is 2.06. The molecule has 3 atom stereocenters. The van der Waals surface area contributed by atoms with Crippen molar-refractivity contribution in [2.45, 2.75) is 69.9 Å². The Morgan fingerprint density at radius 2 is 2.13 bits per heavy atom. The highest BCUT2D eigenvalue weighted by atomic mass is 16.5. The van der Waals surface area contributed by atoms with Crippen LogP contribution >= 0.6 is 0 Å². The molecule has 1 aliphatic carbocycles. The van der Waals surface area contributed by atoms with Crippen molar-refractivity contribution in [3.63, 3.8) is 0 Å². The summed E-state index contributed by atoms with van der Waals surface area (Å²) < 4.78 is 5.50. The average molecular weight is 533 g/mol. The summed E-state index contributed by atoms with van der Waals surface area (Å²) in [6.07, 6.45) is 6.54. The predicted molar refractivity (Wildman–Crippen MR) is 152 cm³/mol. The third kappa shape index (κ3) is 5.96. The lowest BCUT2D eigenvalue weighted by atomic mass is 9.67. The fourth-order valence-electron chi connectivity index (χ4n) is 5.87. The zero-order valence-electron chi connectivity index (χ0n) is 23.5. The SMILES string of the molecule is C=CC1=C(C)C(CC(CC)NCC(=O)N2CCCC2C#N)(C(=N)OC=N)c2ccc(C(=O)N(C)C)cc2CC1. The summed E-state index contributed by atoms with van der Waals surface area (Å²) in [4.78, 5) is 28.9. The number of carbonyl (C=O) groups is 2. The Morgan fingerprint density at radius 3 is 2.74 bits per heavy atom. The van der Waals surface area contributed by atoms with Crippen LogP contribution in [0.3, 0.4) is 0 Å². The summed E-state index contributed by atoms with van der Waals surface area (Å²) in [7, 11) is 3.43. The summed E-state index contributed by atoms with van der Waals surface area (Å²) >= 11 is 0. The molecule has 0 aromatic heterocycles. The lowest BCUT2D eigenvalue weighted by molar-refractivity contribution is -0.130. The van der Waals surface area contributed by atoms with Crippen molar-refractivity contribution in [2.24, 2.45) is 0 Å². The maximum absolute atomic E-state index is 13.0. The van der Waals surface area contributed by atoms with Crippen LogP contribution in [0.4, 0.5) is 0 Å². The third-order valence-corrected chi connectivity index (χ3v) is 8.12. The van der Waals surface area contributed by atoms with E-state index in [0.29, 0.717) is 44.2 Å². The van der Waals surface area contributed by atoms with E-state index in [-0.39, 0.29) is 36.3 Å². The van der Waals surface area contributed by atoms with Crippen LogP contribution in [0.2, 0.25) is 0 Å². The number of rotatable bonds is 10. The lowest BCUT2D eigenvalue weighted by Crippen LogP contribution is -2.48. The monoisotopic (exact) mass is 532 g/mol. The molecule has 3 rings (SSSR count). The standard InChI is InChI=1S/C30H40N6O3/c1-6-21-10-11-22-15-23(28(38)35(4)5)12-13-26(22)30(20(21)3,29(33)39-19-32)16-24(7-2)34-18-27(37)36-14-8-9-25(36)17-31/h6,12-13,15,19,24-25,32-34H,1,7-11,14,16,18H2,2-5H3. The highest BCUT2D eigenvalue weighted by Crippen LogP contribution is 2.45. The van der Waals surface area contributed by atoms with E-state index in [1.54, 1.807) is 25.1 Å². The average Bonchev–Trinajstić information content (AvgIpc) is 3.38. The number of aryl methyl sites for hydroxylation is 1. The molecule has 0 radical (unpaired) electrons. The Kier molecular flexibility index (Phi) is 9.81. The molecule has 9 heteroatoms. The Morgan fingerprint density at radius 1 is 1.38 bits per heavy atom. The summed E-state index contributed by atoms with van der Waals surface area (Å²) in [5.41, 5.74) is 3.23. The molecule has 1 saturated heterocycles. The molecule has 0 spiro atoms. The number of allylic oxidation sites excluding steroid dienone is 2. The normalized spacial score (nSPS) is 21.3. The van der Waals surface area contributed by atoms with Gasteiger partial charge in [0.2, 0.25) is 11.8 Å². The molecule has 1 aromatic carbocycles. The van der Waals surface area contributed by atoms with Gasteiger partial charge in [0.25, 0.3) is 5.91 Å². The number of hydrogen-bond donors (Lipinski definition) is 3. The largest absolute Gasteiger partial charge is 0.431 e. The van der Waals surface area contributed by atoms with Gasteiger partial charge in [-0.1, -0.05) is 31.2 Å². The number of amides is 2. The van der Waals surface area contributed by atoms with E-state index >= 15 is 0 Å². The molecule has 2 aliphatic rings. The van der Waals surface area contributed by atoms with Gasteiger partial charge in [-0.05, 0) is 74.3 Å². The van der Waals surface area contributed by atoms with Crippen molar-refractivity contribution in [3.8, 4) is 6.07 Å². The van der Waals surface area contributed by atoms with E-state index < -0.39 is 5.41 Å². The first-order chi connectivity index (χ1) is 18.6. The number of ether oxygens (including phenoxy) is 1. The minimum absolute atomic E-state index is 0.0835. The molecule has 2 amide bonds. The van der Waals surface area contributed by atoms with Crippen LogP contribution in [0.5, 0.6) is 0 Å². The van der Waals surface area contributed by atoms with Crippen molar-refractivity contribution in [1.29, 1.82) is 16.1 Å². The van der Waals surface area contributed by atoms with E-state index in [0.717, 1.165) is 35.1 Å². The number of carbonyl (C=O) groups excluding carboxylic acids is 2. The highest BCUT2D eigenvalue weighted by molar-refractivity contribution is 5.96. The summed E-state index contributed by atoms with van der Waals surface area (Å²) in [5.74, 6) is -0.291. The maximum atomic E-state index is 13.0. The molecule has 0 saturated carbocycles. The number of nitriles is 1. The topological polar surface area (TPSA) is 133 Å². The molecular formula is C30H40N6O3. The van der Waals surface area contributed by atoms with Gasteiger partial charge in [0.1, 0.15) is 6.04 Å². The van der Waals surface area contributed by atoms with Gasteiger partial charge in [0.05, 0.1) is 18.0 Å². The van der Waals surface area contributed by atoms with Gasteiger partial charge >= 0.3 is 0 Å². The van der Waals surface area contributed by atoms with Crippen LogP contribution in [0.1, 0.15) is 67.4 Å². The smallest absolute Gasteiger partial charge is 0.253 e. The first-order valence-corrected chi connectivity index (χ1v) is 13.5. The zero-order chi connectivity index (χ0) is 28.7. The molecule has 3 unspecified atom stereocenters.